The lowest BCUT2D eigenvalue weighted by molar-refractivity contribution is -0.386. The lowest BCUT2D eigenvalue weighted by atomic mass is 10.2. The van der Waals surface area contributed by atoms with Crippen LogP contribution >= 0.6 is 31.9 Å². The molecule has 0 bridgehead atoms. The van der Waals surface area contributed by atoms with E-state index in [1.807, 2.05) is 12.1 Å². The second-order valence-electron chi connectivity index (χ2n) is 8.72. The van der Waals surface area contributed by atoms with Gasteiger partial charge in [0.15, 0.2) is 11.9 Å². The Balaban J connectivity index is 1.69. The summed E-state index contributed by atoms with van der Waals surface area (Å²) < 4.78 is 19.0. The summed E-state index contributed by atoms with van der Waals surface area (Å²) in [4.78, 5) is 41.7. The number of nitrogens with zero attached hydrogens (tertiary/aromatic N) is 4. The van der Waals surface area contributed by atoms with Crippen LogP contribution in [0.1, 0.15) is 19.4 Å². The van der Waals surface area contributed by atoms with Crippen LogP contribution in [0.4, 0.5) is 5.69 Å². The summed E-state index contributed by atoms with van der Waals surface area (Å²) in [6, 6.07) is 16.8. The van der Waals surface area contributed by atoms with Crippen LogP contribution in [0.15, 0.2) is 83.9 Å². The Hall–Kier alpha value is -4.36. The van der Waals surface area contributed by atoms with Gasteiger partial charge in [-0.05, 0) is 56.3 Å². The first-order valence-electron chi connectivity index (χ1n) is 12.2. The fraction of sp³-hybridized carbons (Fsp3) is 0.143. The topological polar surface area (TPSA) is 139 Å². The van der Waals surface area contributed by atoms with Gasteiger partial charge in [-0.3, -0.25) is 14.9 Å². The van der Waals surface area contributed by atoms with Crippen molar-refractivity contribution in [2.75, 3.05) is 6.61 Å². The Kier molecular flexibility index (Phi) is 7.99. The number of rotatable bonds is 8. The van der Waals surface area contributed by atoms with Gasteiger partial charge in [-0.15, -0.1) is 0 Å². The largest absolute Gasteiger partial charge is 0.471 e. The van der Waals surface area contributed by atoms with E-state index < -0.39 is 28.2 Å². The second kappa shape index (κ2) is 11.6. The van der Waals surface area contributed by atoms with E-state index in [0.29, 0.717) is 21.0 Å². The molecule has 2 heterocycles. The molecular weight excluding hydrogens is 664 g/mol. The standard InChI is InChI=1S/C28H20Br2N4O7/c1-3-39-28(36)15(2)40-25-17(11-19(30)13-22(25)34(37)38)14-31-33-26(32-21-7-5-4-6-20(21)27(33)35)24-12-16-10-18(29)8-9-23(16)41-24/h4-15H,3H2,1-2H3/t15-/m0/s1. The van der Waals surface area contributed by atoms with Crippen molar-refractivity contribution in [1.29, 1.82) is 0 Å². The van der Waals surface area contributed by atoms with Crippen LogP contribution in [-0.4, -0.2) is 39.5 Å². The molecule has 5 aromatic rings. The minimum absolute atomic E-state index is 0.114. The molecule has 0 aliphatic carbocycles. The van der Waals surface area contributed by atoms with Gasteiger partial charge in [0.25, 0.3) is 5.56 Å². The van der Waals surface area contributed by atoms with Crippen molar-refractivity contribution in [2.24, 2.45) is 5.10 Å². The van der Waals surface area contributed by atoms with Gasteiger partial charge in [-0.2, -0.15) is 9.78 Å². The third-order valence-corrected chi connectivity index (χ3v) is 6.89. The van der Waals surface area contributed by atoms with Gasteiger partial charge in [-0.1, -0.05) is 44.0 Å². The zero-order valence-electron chi connectivity index (χ0n) is 21.5. The van der Waals surface area contributed by atoms with Crippen molar-refractivity contribution in [2.45, 2.75) is 20.0 Å². The molecule has 41 heavy (non-hydrogen) atoms. The molecule has 0 radical (unpaired) electrons. The smallest absolute Gasteiger partial charge is 0.347 e. The van der Waals surface area contributed by atoms with Gasteiger partial charge in [0.05, 0.1) is 28.6 Å². The highest BCUT2D eigenvalue weighted by Gasteiger charge is 2.26. The minimum Gasteiger partial charge on any atom is -0.471 e. The lowest BCUT2D eigenvalue weighted by Crippen LogP contribution is -2.27. The van der Waals surface area contributed by atoms with Crippen molar-refractivity contribution in [1.82, 2.24) is 9.66 Å². The zero-order valence-corrected chi connectivity index (χ0v) is 24.7. The minimum atomic E-state index is -1.16. The quantitative estimate of drug-likeness (QED) is 0.0786. The Bertz CT molecular complexity index is 1920. The number of ether oxygens (including phenoxy) is 2. The van der Waals surface area contributed by atoms with Gasteiger partial charge in [-0.25, -0.2) is 9.78 Å². The van der Waals surface area contributed by atoms with Crippen LogP contribution in [0, 0.1) is 10.1 Å². The highest BCUT2D eigenvalue weighted by molar-refractivity contribution is 9.10. The number of esters is 1. The predicted molar refractivity (Wildman–Crippen MR) is 159 cm³/mol. The molecule has 0 aliphatic rings. The summed E-state index contributed by atoms with van der Waals surface area (Å²) in [5.74, 6) is -0.518. The monoisotopic (exact) mass is 682 g/mol. The Morgan fingerprint density at radius 1 is 1.17 bits per heavy atom. The number of halogens is 2. The van der Waals surface area contributed by atoms with Crippen molar-refractivity contribution in [3.8, 4) is 17.3 Å². The van der Waals surface area contributed by atoms with Crippen LogP contribution in [0.2, 0.25) is 0 Å². The molecule has 5 rings (SSSR count). The number of fused-ring (bicyclic) bond motifs is 2. The van der Waals surface area contributed by atoms with E-state index in [-0.39, 0.29) is 29.5 Å². The number of carbonyl (C=O) groups excluding carboxylic acids is 1. The van der Waals surface area contributed by atoms with Crippen molar-refractivity contribution < 1.29 is 23.6 Å². The fourth-order valence-corrected chi connectivity index (χ4v) is 4.92. The maximum Gasteiger partial charge on any atom is 0.347 e. The van der Waals surface area contributed by atoms with Crippen LogP contribution in [0.3, 0.4) is 0 Å². The van der Waals surface area contributed by atoms with Gasteiger partial charge in [0.2, 0.25) is 11.6 Å². The van der Waals surface area contributed by atoms with E-state index in [2.05, 4.69) is 41.9 Å². The number of para-hydroxylation sites is 1. The first-order chi connectivity index (χ1) is 19.7. The maximum absolute atomic E-state index is 13.6. The van der Waals surface area contributed by atoms with E-state index in [1.54, 1.807) is 43.3 Å². The molecule has 13 heteroatoms. The molecule has 3 aromatic carbocycles. The number of benzene rings is 3. The molecule has 0 amide bonds. The summed E-state index contributed by atoms with van der Waals surface area (Å²) in [6.07, 6.45) is 0.0726. The summed E-state index contributed by atoms with van der Waals surface area (Å²) >= 11 is 6.71. The van der Waals surface area contributed by atoms with Crippen LogP contribution in [-0.2, 0) is 9.53 Å². The molecule has 0 N–H and O–H groups in total. The third-order valence-electron chi connectivity index (χ3n) is 5.94. The molecule has 0 fully saturated rings. The fourth-order valence-electron chi connectivity index (χ4n) is 4.08. The van der Waals surface area contributed by atoms with E-state index in [4.69, 9.17) is 13.9 Å². The van der Waals surface area contributed by atoms with Crippen LogP contribution < -0.4 is 10.3 Å². The highest BCUT2D eigenvalue weighted by atomic mass is 79.9. The molecule has 0 saturated carbocycles. The van der Waals surface area contributed by atoms with Crippen LogP contribution in [0.25, 0.3) is 33.5 Å². The Morgan fingerprint density at radius 3 is 2.71 bits per heavy atom. The molecule has 0 aliphatic heterocycles. The lowest BCUT2D eigenvalue weighted by Gasteiger charge is -2.15. The maximum atomic E-state index is 13.6. The van der Waals surface area contributed by atoms with E-state index in [0.717, 1.165) is 14.5 Å². The van der Waals surface area contributed by atoms with Gasteiger partial charge >= 0.3 is 11.7 Å². The van der Waals surface area contributed by atoms with Crippen molar-refractivity contribution in [3.05, 3.63) is 95.6 Å². The Labute approximate surface area is 248 Å². The van der Waals surface area contributed by atoms with Gasteiger partial charge < -0.3 is 13.9 Å². The van der Waals surface area contributed by atoms with Crippen molar-refractivity contribution >= 4 is 71.6 Å². The number of aromatic nitrogens is 2. The number of nitro benzene ring substituents is 1. The molecule has 2 aromatic heterocycles. The van der Waals surface area contributed by atoms with E-state index in [9.17, 15) is 19.7 Å². The first kappa shape index (κ1) is 28.2. The van der Waals surface area contributed by atoms with Crippen molar-refractivity contribution in [3.63, 3.8) is 0 Å². The molecule has 11 nitrogen and oxygen atoms in total. The summed E-state index contributed by atoms with van der Waals surface area (Å²) in [7, 11) is 0. The molecule has 0 unspecified atom stereocenters. The number of nitro groups is 1. The SMILES string of the molecule is CCOC(=O)[C@H](C)Oc1c(C=Nn2c(-c3cc4cc(Br)ccc4o3)nc3ccccc3c2=O)cc(Br)cc1[N+](=O)[O-]. The molecule has 0 saturated heterocycles. The Morgan fingerprint density at radius 2 is 1.95 bits per heavy atom. The van der Waals surface area contributed by atoms with Crippen LogP contribution in [0.5, 0.6) is 5.75 Å². The molecule has 0 spiro atoms. The number of hydrogen-bond donors (Lipinski definition) is 0. The van der Waals surface area contributed by atoms with E-state index >= 15 is 0 Å². The summed E-state index contributed by atoms with van der Waals surface area (Å²) in [5.41, 5.74) is 0.236. The first-order valence-corrected chi connectivity index (χ1v) is 13.8. The molecule has 1 atom stereocenters. The average Bonchev–Trinajstić information content (AvgIpc) is 3.36. The van der Waals surface area contributed by atoms with Gasteiger partial charge in [0, 0.05) is 26.0 Å². The third kappa shape index (κ3) is 5.77. The number of carbonyl (C=O) groups is 1. The average molecular weight is 684 g/mol. The summed E-state index contributed by atoms with van der Waals surface area (Å²) in [5, 5.41) is 17.4. The predicted octanol–water partition coefficient (Wildman–Crippen LogP) is 6.46. The normalized spacial score (nSPS) is 12.2. The van der Waals surface area contributed by atoms with E-state index in [1.165, 1.54) is 25.3 Å². The second-order valence-corrected chi connectivity index (χ2v) is 10.6. The highest BCUT2D eigenvalue weighted by Crippen LogP contribution is 2.35. The number of hydrogen-bond acceptors (Lipinski definition) is 9. The molecular formula is C28H20Br2N4O7. The molecule has 208 valence electrons. The van der Waals surface area contributed by atoms with Gasteiger partial charge in [0.1, 0.15) is 5.58 Å². The summed E-state index contributed by atoms with van der Waals surface area (Å²) in [6.45, 7) is 3.17. The number of furan rings is 1. The zero-order chi connectivity index (χ0) is 29.3.